The molecule has 1 amide bonds. The molecule has 2 fully saturated rings. The van der Waals surface area contributed by atoms with Crippen LogP contribution in [0, 0.1) is 0 Å². The number of hydrogen-bond acceptors (Lipinski definition) is 9. The number of amides is 1. The van der Waals surface area contributed by atoms with Gasteiger partial charge < -0.3 is 24.6 Å². The van der Waals surface area contributed by atoms with Gasteiger partial charge in [-0.3, -0.25) is 5.43 Å². The fourth-order valence-electron chi connectivity index (χ4n) is 3.55. The minimum absolute atomic E-state index is 0.00568. The SMILES string of the molecule is CC1=NNC(Nc2cc(N3CCC3)nc(O[C@H]3CCN(C(=O)OC(C)(C)C)C3)n2)C1. The van der Waals surface area contributed by atoms with Crippen LogP contribution >= 0.6 is 0 Å². The first-order valence-electron chi connectivity index (χ1n) is 10.6. The third kappa shape index (κ3) is 5.03. The summed E-state index contributed by atoms with van der Waals surface area (Å²) in [6, 6.07) is 2.27. The molecule has 1 aromatic heterocycles. The Hall–Kier alpha value is -2.78. The van der Waals surface area contributed by atoms with E-state index in [2.05, 4.69) is 30.7 Å². The van der Waals surface area contributed by atoms with Crippen molar-refractivity contribution in [1.82, 2.24) is 20.3 Å². The van der Waals surface area contributed by atoms with Gasteiger partial charge in [-0.2, -0.15) is 15.1 Å². The van der Waals surface area contributed by atoms with Gasteiger partial charge in [0.25, 0.3) is 0 Å². The summed E-state index contributed by atoms with van der Waals surface area (Å²) >= 11 is 0. The van der Waals surface area contributed by atoms with Crippen molar-refractivity contribution in [2.24, 2.45) is 5.10 Å². The molecule has 2 atom stereocenters. The molecule has 0 spiro atoms. The lowest BCUT2D eigenvalue weighted by atomic mass is 10.2. The van der Waals surface area contributed by atoms with E-state index in [1.54, 1.807) is 4.90 Å². The van der Waals surface area contributed by atoms with Crippen molar-refractivity contribution >= 4 is 23.4 Å². The first kappa shape index (κ1) is 20.5. The Morgan fingerprint density at radius 1 is 1.27 bits per heavy atom. The van der Waals surface area contributed by atoms with Gasteiger partial charge in [-0.1, -0.05) is 0 Å². The van der Waals surface area contributed by atoms with Crippen LogP contribution in [0.2, 0.25) is 0 Å². The number of ether oxygens (including phenoxy) is 2. The summed E-state index contributed by atoms with van der Waals surface area (Å²) in [5.41, 5.74) is 3.60. The standard InChI is InChI=1S/C20H31N7O3/c1-13-10-16(25-24-13)21-15-11-17(26-7-5-8-26)23-18(22-15)29-14-6-9-27(12-14)19(28)30-20(2,3)4/h11,14,16,25H,5-10,12H2,1-4H3,(H,21,22,23)/t14-,16?/m0/s1. The average molecular weight is 418 g/mol. The Kier molecular flexibility index (Phi) is 5.57. The van der Waals surface area contributed by atoms with Crippen LogP contribution in [0.5, 0.6) is 6.01 Å². The van der Waals surface area contributed by atoms with Crippen LogP contribution in [0.25, 0.3) is 0 Å². The number of carbonyl (C=O) groups excluding carboxylic acids is 1. The number of hydrazone groups is 1. The van der Waals surface area contributed by atoms with Gasteiger partial charge in [0.15, 0.2) is 0 Å². The van der Waals surface area contributed by atoms with E-state index in [-0.39, 0.29) is 18.4 Å². The van der Waals surface area contributed by atoms with E-state index in [4.69, 9.17) is 9.47 Å². The van der Waals surface area contributed by atoms with E-state index in [1.807, 2.05) is 33.8 Å². The summed E-state index contributed by atoms with van der Waals surface area (Å²) in [6.07, 6.45) is 2.23. The summed E-state index contributed by atoms with van der Waals surface area (Å²) in [5.74, 6) is 1.55. The van der Waals surface area contributed by atoms with E-state index in [0.29, 0.717) is 24.9 Å². The van der Waals surface area contributed by atoms with Gasteiger partial charge >= 0.3 is 12.1 Å². The van der Waals surface area contributed by atoms with Gasteiger partial charge in [0, 0.05) is 44.3 Å². The Morgan fingerprint density at radius 3 is 2.70 bits per heavy atom. The second-order valence-corrected chi connectivity index (χ2v) is 9.07. The molecule has 164 valence electrons. The number of rotatable bonds is 5. The van der Waals surface area contributed by atoms with Crippen LogP contribution in [-0.2, 0) is 4.74 Å². The zero-order chi connectivity index (χ0) is 21.3. The summed E-state index contributed by atoms with van der Waals surface area (Å²) < 4.78 is 11.5. The molecule has 1 aromatic rings. The minimum Gasteiger partial charge on any atom is -0.458 e. The predicted octanol–water partition coefficient (Wildman–Crippen LogP) is 2.18. The third-order valence-corrected chi connectivity index (χ3v) is 5.17. The molecule has 0 bridgehead atoms. The molecule has 4 rings (SSSR count). The predicted molar refractivity (Wildman–Crippen MR) is 114 cm³/mol. The van der Waals surface area contributed by atoms with Crippen molar-refractivity contribution in [3.8, 4) is 6.01 Å². The maximum Gasteiger partial charge on any atom is 0.410 e. The van der Waals surface area contributed by atoms with Crippen LogP contribution in [0.3, 0.4) is 0 Å². The number of nitrogens with zero attached hydrogens (tertiary/aromatic N) is 5. The molecular weight excluding hydrogens is 386 g/mol. The van der Waals surface area contributed by atoms with Crippen LogP contribution in [0.15, 0.2) is 11.2 Å². The fourth-order valence-corrected chi connectivity index (χ4v) is 3.55. The maximum absolute atomic E-state index is 12.3. The van der Waals surface area contributed by atoms with Crippen molar-refractivity contribution in [1.29, 1.82) is 0 Å². The highest BCUT2D eigenvalue weighted by Gasteiger charge is 2.32. The molecule has 4 heterocycles. The number of aromatic nitrogens is 2. The van der Waals surface area contributed by atoms with Gasteiger partial charge in [-0.25, -0.2) is 4.79 Å². The number of anilines is 2. The average Bonchev–Trinajstić information content (AvgIpc) is 3.21. The second kappa shape index (κ2) is 8.16. The number of nitrogens with one attached hydrogen (secondary N) is 2. The zero-order valence-corrected chi connectivity index (χ0v) is 18.1. The van der Waals surface area contributed by atoms with Crippen LogP contribution in [0.4, 0.5) is 16.4 Å². The van der Waals surface area contributed by atoms with Crippen LogP contribution in [0.1, 0.15) is 47.0 Å². The molecule has 2 N–H and O–H groups in total. The van der Waals surface area contributed by atoms with Gasteiger partial charge in [-0.15, -0.1) is 0 Å². The van der Waals surface area contributed by atoms with Crippen LogP contribution < -0.4 is 20.4 Å². The van der Waals surface area contributed by atoms with Gasteiger partial charge in [0.1, 0.15) is 29.5 Å². The lowest BCUT2D eigenvalue weighted by Crippen LogP contribution is -2.38. The third-order valence-electron chi connectivity index (χ3n) is 5.17. The molecule has 2 saturated heterocycles. The first-order chi connectivity index (χ1) is 14.2. The van der Waals surface area contributed by atoms with Crippen molar-refractivity contribution in [2.75, 3.05) is 36.4 Å². The van der Waals surface area contributed by atoms with Crippen molar-refractivity contribution in [3.05, 3.63) is 6.07 Å². The molecule has 0 aliphatic carbocycles. The number of carbonyl (C=O) groups is 1. The monoisotopic (exact) mass is 417 g/mol. The highest BCUT2D eigenvalue weighted by atomic mass is 16.6. The first-order valence-corrected chi connectivity index (χ1v) is 10.6. The Balaban J connectivity index is 1.41. The highest BCUT2D eigenvalue weighted by molar-refractivity contribution is 5.84. The van der Waals surface area contributed by atoms with Crippen molar-refractivity contribution in [3.63, 3.8) is 0 Å². The Morgan fingerprint density at radius 2 is 2.07 bits per heavy atom. The minimum atomic E-state index is -0.512. The van der Waals surface area contributed by atoms with Crippen molar-refractivity contribution in [2.45, 2.75) is 64.8 Å². The van der Waals surface area contributed by atoms with E-state index in [9.17, 15) is 4.79 Å². The summed E-state index contributed by atoms with van der Waals surface area (Å²) in [7, 11) is 0. The Labute approximate surface area is 177 Å². The largest absolute Gasteiger partial charge is 0.458 e. The smallest absolute Gasteiger partial charge is 0.410 e. The van der Waals surface area contributed by atoms with E-state index in [0.717, 1.165) is 43.9 Å². The van der Waals surface area contributed by atoms with E-state index < -0.39 is 5.60 Å². The molecular formula is C20H31N7O3. The van der Waals surface area contributed by atoms with Gasteiger partial charge in [-0.05, 0) is 34.1 Å². The summed E-state index contributed by atoms with van der Waals surface area (Å²) in [4.78, 5) is 25.3. The zero-order valence-electron chi connectivity index (χ0n) is 18.1. The summed E-state index contributed by atoms with van der Waals surface area (Å²) in [5, 5.41) is 7.59. The fraction of sp³-hybridized carbons (Fsp3) is 0.700. The maximum atomic E-state index is 12.3. The van der Waals surface area contributed by atoms with Crippen LogP contribution in [-0.4, -0.2) is 70.7 Å². The van der Waals surface area contributed by atoms with Gasteiger partial charge in [0.2, 0.25) is 0 Å². The molecule has 3 aliphatic rings. The molecule has 1 unspecified atom stereocenters. The van der Waals surface area contributed by atoms with E-state index in [1.165, 1.54) is 0 Å². The van der Waals surface area contributed by atoms with Gasteiger partial charge in [0.05, 0.1) is 6.54 Å². The topological polar surface area (TPSA) is 104 Å². The molecule has 30 heavy (non-hydrogen) atoms. The summed E-state index contributed by atoms with van der Waals surface area (Å²) in [6.45, 7) is 10.6. The molecule has 0 saturated carbocycles. The molecule has 10 nitrogen and oxygen atoms in total. The van der Waals surface area contributed by atoms with E-state index >= 15 is 0 Å². The molecule has 10 heteroatoms. The lowest BCUT2D eigenvalue weighted by Gasteiger charge is -2.32. The molecule has 3 aliphatic heterocycles. The highest BCUT2D eigenvalue weighted by Crippen LogP contribution is 2.26. The number of likely N-dealkylation sites (tertiary alicyclic amines) is 1. The second-order valence-electron chi connectivity index (χ2n) is 9.07. The number of hydrogen-bond donors (Lipinski definition) is 2. The normalized spacial score (nSPS) is 23.5. The molecule has 0 radical (unpaired) electrons. The van der Waals surface area contributed by atoms with Crippen molar-refractivity contribution < 1.29 is 14.3 Å². The Bertz CT molecular complexity index is 819. The molecule has 0 aromatic carbocycles. The quantitative estimate of drug-likeness (QED) is 0.751. The lowest BCUT2D eigenvalue weighted by molar-refractivity contribution is 0.0274.